The summed E-state index contributed by atoms with van der Waals surface area (Å²) in [6.45, 7) is 3.37. The maximum Gasteiger partial charge on any atom is 1.00 e. The average Bonchev–Trinajstić information content (AvgIpc) is 2.17. The van der Waals surface area contributed by atoms with Gasteiger partial charge in [-0.15, -0.1) is 0 Å². The molecule has 1 amide bonds. The molecule has 0 spiro atoms. The van der Waals surface area contributed by atoms with Crippen molar-refractivity contribution in [2.75, 3.05) is 5.32 Å². The predicted octanol–water partition coefficient (Wildman–Crippen LogP) is -1.56. The summed E-state index contributed by atoms with van der Waals surface area (Å²) in [4.78, 5) is 10.8. The maximum atomic E-state index is 11.2. The second-order valence-electron chi connectivity index (χ2n) is 2.84. The first-order valence-electron chi connectivity index (χ1n) is 4.02. The zero-order chi connectivity index (χ0) is 12.3. The molecule has 0 atom stereocenters. The normalized spacial score (nSPS) is 10.2. The Bertz CT molecular complexity index is 526. The van der Waals surface area contributed by atoms with Crippen molar-refractivity contribution in [2.24, 2.45) is 0 Å². The molecule has 0 bridgehead atoms. The number of anilines is 1. The fraction of sp³-hybridized carbons (Fsp3) is 0. The molecule has 0 saturated carbocycles. The van der Waals surface area contributed by atoms with Gasteiger partial charge in [-0.2, -0.15) is 0 Å². The summed E-state index contributed by atoms with van der Waals surface area (Å²) < 4.78 is 32.0. The summed E-state index contributed by atoms with van der Waals surface area (Å²) in [5.74, 6) is -0.447. The number of amides is 1. The Morgan fingerprint density at radius 1 is 1.29 bits per heavy atom. The molecule has 0 aliphatic carbocycles. The van der Waals surface area contributed by atoms with Crippen molar-refractivity contribution in [1.29, 1.82) is 0 Å². The minimum Gasteiger partial charge on any atom is -0.744 e. The number of halogens is 1. The SMILES string of the molecule is C=C(Br)C(=O)Nc1ccc(S(=O)(=O)[O-])cc1.[Na+]. The van der Waals surface area contributed by atoms with Crippen LogP contribution in [-0.4, -0.2) is 18.9 Å². The molecule has 1 aromatic carbocycles. The van der Waals surface area contributed by atoms with Gasteiger partial charge in [0, 0.05) is 5.69 Å². The predicted molar refractivity (Wildman–Crippen MR) is 61.1 cm³/mol. The van der Waals surface area contributed by atoms with E-state index in [1.54, 1.807) is 0 Å². The molecule has 17 heavy (non-hydrogen) atoms. The van der Waals surface area contributed by atoms with Gasteiger partial charge in [0.2, 0.25) is 0 Å². The molecule has 0 radical (unpaired) electrons. The van der Waals surface area contributed by atoms with E-state index >= 15 is 0 Å². The van der Waals surface area contributed by atoms with Gasteiger partial charge in [-0.3, -0.25) is 4.79 Å². The van der Waals surface area contributed by atoms with E-state index < -0.39 is 16.0 Å². The van der Waals surface area contributed by atoms with Gasteiger partial charge in [-0.05, 0) is 40.2 Å². The molecule has 86 valence electrons. The first kappa shape index (κ1) is 16.8. The largest absolute Gasteiger partial charge is 1.00 e. The molecule has 1 rings (SSSR count). The Hall–Kier alpha value is -0.180. The summed E-state index contributed by atoms with van der Waals surface area (Å²) >= 11 is 2.89. The van der Waals surface area contributed by atoms with E-state index in [4.69, 9.17) is 0 Å². The van der Waals surface area contributed by atoms with E-state index in [9.17, 15) is 17.8 Å². The van der Waals surface area contributed by atoms with Crippen LogP contribution in [0.4, 0.5) is 5.69 Å². The number of benzene rings is 1. The first-order chi connectivity index (χ1) is 7.30. The Labute approximate surface area is 129 Å². The van der Waals surface area contributed by atoms with Gasteiger partial charge in [0.05, 0.1) is 9.38 Å². The van der Waals surface area contributed by atoms with Crippen LogP contribution in [0.1, 0.15) is 0 Å². The van der Waals surface area contributed by atoms with Crippen molar-refractivity contribution in [3.05, 3.63) is 35.3 Å². The van der Waals surface area contributed by atoms with Crippen molar-refractivity contribution in [3.8, 4) is 0 Å². The molecule has 1 N–H and O–H groups in total. The molecule has 5 nitrogen and oxygen atoms in total. The number of hydrogen-bond acceptors (Lipinski definition) is 4. The molecule has 1 aromatic rings. The third kappa shape index (κ3) is 5.33. The fourth-order valence-corrected chi connectivity index (χ4v) is 1.47. The van der Waals surface area contributed by atoms with Crippen LogP contribution in [0.2, 0.25) is 0 Å². The Morgan fingerprint density at radius 3 is 2.12 bits per heavy atom. The number of carbonyl (C=O) groups is 1. The number of carbonyl (C=O) groups excluding carboxylic acids is 1. The molecule has 0 aliphatic heterocycles. The second-order valence-corrected chi connectivity index (χ2v) is 5.17. The van der Waals surface area contributed by atoms with Crippen molar-refractivity contribution in [2.45, 2.75) is 4.90 Å². The Balaban J connectivity index is 0.00000256. The van der Waals surface area contributed by atoms with Crippen LogP contribution in [0.3, 0.4) is 0 Å². The molecule has 0 saturated heterocycles. The van der Waals surface area contributed by atoms with Crippen molar-refractivity contribution < 1.29 is 47.3 Å². The summed E-state index contributed by atoms with van der Waals surface area (Å²) in [5.41, 5.74) is 0.373. The summed E-state index contributed by atoms with van der Waals surface area (Å²) in [7, 11) is -4.45. The quantitative estimate of drug-likeness (QED) is 0.413. The summed E-state index contributed by atoms with van der Waals surface area (Å²) in [5, 5.41) is 2.44. The van der Waals surface area contributed by atoms with E-state index in [1.165, 1.54) is 12.1 Å². The molecule has 0 fully saturated rings. The monoisotopic (exact) mass is 327 g/mol. The van der Waals surface area contributed by atoms with E-state index in [0.717, 1.165) is 12.1 Å². The molecule has 8 heteroatoms. The zero-order valence-electron chi connectivity index (χ0n) is 8.94. The van der Waals surface area contributed by atoms with E-state index in [0.29, 0.717) is 5.69 Å². The smallest absolute Gasteiger partial charge is 0.744 e. The van der Waals surface area contributed by atoms with Gasteiger partial charge >= 0.3 is 29.6 Å². The van der Waals surface area contributed by atoms with Gasteiger partial charge in [-0.1, -0.05) is 6.58 Å². The van der Waals surface area contributed by atoms with Gasteiger partial charge < -0.3 is 9.87 Å². The maximum absolute atomic E-state index is 11.2. The van der Waals surface area contributed by atoms with Crippen LogP contribution in [0.15, 0.2) is 40.2 Å². The minimum absolute atomic E-state index is 0. The van der Waals surface area contributed by atoms with Gasteiger partial charge in [-0.25, -0.2) is 8.42 Å². The molecule has 0 heterocycles. The summed E-state index contributed by atoms with van der Waals surface area (Å²) in [6, 6.07) is 4.88. The van der Waals surface area contributed by atoms with Crippen molar-refractivity contribution >= 4 is 37.6 Å². The second kappa shape index (κ2) is 6.67. The molecule has 0 aromatic heterocycles. The molecular formula is C9H7BrNNaO4S. The number of nitrogens with one attached hydrogen (secondary N) is 1. The number of rotatable bonds is 3. The minimum atomic E-state index is -4.45. The Morgan fingerprint density at radius 2 is 1.76 bits per heavy atom. The van der Waals surface area contributed by atoms with E-state index in [2.05, 4.69) is 27.8 Å². The van der Waals surface area contributed by atoms with Crippen LogP contribution < -0.4 is 34.9 Å². The Kier molecular flexibility index (Phi) is 6.60. The third-order valence-corrected chi connectivity index (χ3v) is 2.86. The average molecular weight is 328 g/mol. The zero-order valence-corrected chi connectivity index (χ0v) is 13.3. The van der Waals surface area contributed by atoms with Crippen molar-refractivity contribution in [3.63, 3.8) is 0 Å². The van der Waals surface area contributed by atoms with Crippen LogP contribution in [-0.2, 0) is 14.9 Å². The van der Waals surface area contributed by atoms with E-state index in [-0.39, 0.29) is 38.9 Å². The van der Waals surface area contributed by atoms with Gasteiger partial charge in [0.15, 0.2) is 0 Å². The third-order valence-electron chi connectivity index (χ3n) is 1.65. The first-order valence-corrected chi connectivity index (χ1v) is 6.22. The van der Waals surface area contributed by atoms with Gasteiger partial charge in [0.25, 0.3) is 5.91 Å². The molecule has 0 aliphatic rings. The van der Waals surface area contributed by atoms with Gasteiger partial charge in [0.1, 0.15) is 10.1 Å². The van der Waals surface area contributed by atoms with E-state index in [1.807, 2.05) is 0 Å². The van der Waals surface area contributed by atoms with Crippen LogP contribution in [0.25, 0.3) is 0 Å². The molecular weight excluding hydrogens is 321 g/mol. The molecule has 0 unspecified atom stereocenters. The topological polar surface area (TPSA) is 86.3 Å². The summed E-state index contributed by atoms with van der Waals surface area (Å²) in [6.07, 6.45) is 0. The van der Waals surface area contributed by atoms with Crippen LogP contribution >= 0.6 is 15.9 Å². The van der Waals surface area contributed by atoms with Crippen LogP contribution in [0, 0.1) is 0 Å². The fourth-order valence-electron chi connectivity index (χ4n) is 0.904. The van der Waals surface area contributed by atoms with Crippen molar-refractivity contribution in [1.82, 2.24) is 0 Å². The number of hydrogen-bond donors (Lipinski definition) is 1. The standard InChI is InChI=1S/C9H8BrNO4S.Na/c1-6(10)9(12)11-7-2-4-8(5-3-7)16(13,14)15;/h2-5H,1H2,(H,11,12)(H,13,14,15);/q;+1/p-1. The van der Waals surface area contributed by atoms with Crippen LogP contribution in [0.5, 0.6) is 0 Å².